The van der Waals surface area contributed by atoms with Gasteiger partial charge in [0.15, 0.2) is 0 Å². The van der Waals surface area contributed by atoms with E-state index in [1.54, 1.807) is 18.3 Å². The highest BCUT2D eigenvalue weighted by molar-refractivity contribution is 5.59. The molecule has 112 valence electrons. The quantitative estimate of drug-likeness (QED) is 0.800. The SMILES string of the molecule is CC(C)Oc1ccc(-c2noc(-c3ccc[nH]c3=O)n2)cc1. The molecule has 22 heavy (non-hydrogen) atoms. The first-order chi connectivity index (χ1) is 10.6. The van der Waals surface area contributed by atoms with Gasteiger partial charge in [0.2, 0.25) is 5.82 Å². The minimum Gasteiger partial charge on any atom is -0.491 e. The van der Waals surface area contributed by atoms with Crippen molar-refractivity contribution in [1.82, 2.24) is 15.1 Å². The first kappa shape index (κ1) is 14.1. The fraction of sp³-hybridized carbons (Fsp3) is 0.188. The predicted molar refractivity (Wildman–Crippen MR) is 81.6 cm³/mol. The molecule has 1 aromatic carbocycles. The van der Waals surface area contributed by atoms with E-state index in [-0.39, 0.29) is 17.6 Å². The molecule has 0 saturated heterocycles. The van der Waals surface area contributed by atoms with Crippen LogP contribution < -0.4 is 10.3 Å². The summed E-state index contributed by atoms with van der Waals surface area (Å²) in [7, 11) is 0. The van der Waals surface area contributed by atoms with Crippen LogP contribution in [0.2, 0.25) is 0 Å². The van der Waals surface area contributed by atoms with E-state index >= 15 is 0 Å². The van der Waals surface area contributed by atoms with E-state index in [4.69, 9.17) is 9.26 Å². The van der Waals surface area contributed by atoms with Gasteiger partial charge in [0.1, 0.15) is 11.3 Å². The zero-order chi connectivity index (χ0) is 15.5. The molecule has 6 heteroatoms. The van der Waals surface area contributed by atoms with Crippen LogP contribution in [0.15, 0.2) is 51.9 Å². The van der Waals surface area contributed by atoms with E-state index in [0.29, 0.717) is 11.4 Å². The Balaban J connectivity index is 1.88. The highest BCUT2D eigenvalue weighted by Crippen LogP contribution is 2.22. The van der Waals surface area contributed by atoms with Crippen LogP contribution in [0.5, 0.6) is 5.75 Å². The molecule has 3 rings (SSSR count). The minimum absolute atomic E-state index is 0.118. The molecule has 0 fully saturated rings. The zero-order valence-corrected chi connectivity index (χ0v) is 12.2. The molecule has 0 bridgehead atoms. The number of nitrogens with one attached hydrogen (secondary N) is 1. The van der Waals surface area contributed by atoms with Gasteiger partial charge in [-0.2, -0.15) is 4.98 Å². The van der Waals surface area contributed by atoms with Gasteiger partial charge in [0.05, 0.1) is 6.10 Å². The maximum Gasteiger partial charge on any atom is 0.263 e. The molecule has 0 atom stereocenters. The highest BCUT2D eigenvalue weighted by atomic mass is 16.5. The monoisotopic (exact) mass is 297 g/mol. The van der Waals surface area contributed by atoms with E-state index in [1.165, 1.54) is 0 Å². The molecule has 0 amide bonds. The van der Waals surface area contributed by atoms with Gasteiger partial charge >= 0.3 is 0 Å². The van der Waals surface area contributed by atoms with Crippen molar-refractivity contribution < 1.29 is 9.26 Å². The molecule has 3 aromatic rings. The third-order valence-electron chi connectivity index (χ3n) is 2.96. The molecule has 0 aliphatic carbocycles. The Kier molecular flexibility index (Phi) is 3.74. The number of rotatable bonds is 4. The average molecular weight is 297 g/mol. The first-order valence-corrected chi connectivity index (χ1v) is 6.92. The number of H-pyrrole nitrogens is 1. The number of aromatic nitrogens is 3. The van der Waals surface area contributed by atoms with E-state index in [1.807, 2.05) is 38.1 Å². The molecule has 2 aromatic heterocycles. The molecule has 2 heterocycles. The fourth-order valence-corrected chi connectivity index (χ4v) is 1.99. The number of hydrogen-bond acceptors (Lipinski definition) is 5. The lowest BCUT2D eigenvalue weighted by Crippen LogP contribution is -2.06. The zero-order valence-electron chi connectivity index (χ0n) is 12.2. The first-order valence-electron chi connectivity index (χ1n) is 6.92. The molecule has 0 aliphatic rings. The van der Waals surface area contributed by atoms with E-state index < -0.39 is 0 Å². The molecule has 0 saturated carbocycles. The summed E-state index contributed by atoms with van der Waals surface area (Å²) in [6.45, 7) is 3.94. The van der Waals surface area contributed by atoms with Gasteiger partial charge in [0, 0.05) is 11.8 Å². The van der Waals surface area contributed by atoms with Crippen LogP contribution in [0.1, 0.15) is 13.8 Å². The molecule has 6 nitrogen and oxygen atoms in total. The Bertz CT molecular complexity index is 819. The number of aromatic amines is 1. The number of benzene rings is 1. The molecule has 0 aliphatic heterocycles. The van der Waals surface area contributed by atoms with Gasteiger partial charge in [0.25, 0.3) is 11.4 Å². The number of ether oxygens (including phenoxy) is 1. The Morgan fingerprint density at radius 1 is 1.18 bits per heavy atom. The maximum atomic E-state index is 11.7. The Morgan fingerprint density at radius 3 is 2.64 bits per heavy atom. The van der Waals surface area contributed by atoms with Crippen molar-refractivity contribution in [2.75, 3.05) is 0 Å². The molecule has 1 N–H and O–H groups in total. The predicted octanol–water partition coefficient (Wildman–Crippen LogP) is 2.88. The lowest BCUT2D eigenvalue weighted by atomic mass is 10.2. The highest BCUT2D eigenvalue weighted by Gasteiger charge is 2.13. The summed E-state index contributed by atoms with van der Waals surface area (Å²) < 4.78 is 10.8. The Hall–Kier alpha value is -2.89. The van der Waals surface area contributed by atoms with Crippen LogP contribution in [-0.4, -0.2) is 21.2 Å². The van der Waals surface area contributed by atoms with Crippen molar-refractivity contribution in [1.29, 1.82) is 0 Å². The third-order valence-corrected chi connectivity index (χ3v) is 2.96. The van der Waals surface area contributed by atoms with E-state index in [0.717, 1.165) is 11.3 Å². The van der Waals surface area contributed by atoms with Crippen molar-refractivity contribution in [2.24, 2.45) is 0 Å². The normalized spacial score (nSPS) is 10.9. The van der Waals surface area contributed by atoms with Crippen LogP contribution >= 0.6 is 0 Å². The van der Waals surface area contributed by atoms with Crippen molar-refractivity contribution >= 4 is 0 Å². The van der Waals surface area contributed by atoms with Gasteiger partial charge < -0.3 is 14.2 Å². The van der Waals surface area contributed by atoms with Gasteiger partial charge in [-0.15, -0.1) is 0 Å². The van der Waals surface area contributed by atoms with Crippen LogP contribution in [0.4, 0.5) is 0 Å². The minimum atomic E-state index is -0.265. The van der Waals surface area contributed by atoms with Crippen molar-refractivity contribution in [3.63, 3.8) is 0 Å². The summed E-state index contributed by atoms with van der Waals surface area (Å²) in [6, 6.07) is 10.7. The second-order valence-corrected chi connectivity index (χ2v) is 5.03. The summed E-state index contributed by atoms with van der Waals surface area (Å²) in [5.74, 6) is 1.40. The number of nitrogens with zero attached hydrogens (tertiary/aromatic N) is 2. The smallest absolute Gasteiger partial charge is 0.263 e. The molecular weight excluding hydrogens is 282 g/mol. The van der Waals surface area contributed by atoms with Gasteiger partial charge in [-0.25, -0.2) is 0 Å². The second kappa shape index (κ2) is 5.85. The van der Waals surface area contributed by atoms with E-state index in [9.17, 15) is 4.79 Å². The van der Waals surface area contributed by atoms with Crippen molar-refractivity contribution in [3.05, 3.63) is 52.9 Å². The number of pyridine rings is 1. The van der Waals surface area contributed by atoms with Gasteiger partial charge in [-0.3, -0.25) is 4.79 Å². The topological polar surface area (TPSA) is 81.0 Å². The van der Waals surface area contributed by atoms with E-state index in [2.05, 4.69) is 15.1 Å². The summed E-state index contributed by atoms with van der Waals surface area (Å²) in [4.78, 5) is 18.5. The maximum absolute atomic E-state index is 11.7. The molecule has 0 radical (unpaired) electrons. The standard InChI is InChI=1S/C16H15N3O3/c1-10(2)21-12-7-5-11(6-8-12)14-18-16(22-19-14)13-4-3-9-17-15(13)20/h3-10H,1-2H3,(H,17,20). The second-order valence-electron chi connectivity index (χ2n) is 5.03. The Morgan fingerprint density at radius 2 is 1.95 bits per heavy atom. The lowest BCUT2D eigenvalue weighted by molar-refractivity contribution is 0.242. The van der Waals surface area contributed by atoms with Crippen molar-refractivity contribution in [2.45, 2.75) is 20.0 Å². The summed E-state index contributed by atoms with van der Waals surface area (Å²) in [5, 5.41) is 3.91. The van der Waals surface area contributed by atoms with Crippen LogP contribution in [0, 0.1) is 0 Å². The summed E-state index contributed by atoms with van der Waals surface area (Å²) in [6.07, 6.45) is 1.67. The largest absolute Gasteiger partial charge is 0.491 e. The Labute approximate surface area is 126 Å². The van der Waals surface area contributed by atoms with Crippen LogP contribution in [0.25, 0.3) is 22.8 Å². The molecular formula is C16H15N3O3. The third kappa shape index (κ3) is 2.90. The summed E-state index contributed by atoms with van der Waals surface area (Å²) in [5.41, 5.74) is 0.873. The average Bonchev–Trinajstić information content (AvgIpc) is 2.97. The van der Waals surface area contributed by atoms with Gasteiger partial charge in [-0.05, 0) is 50.2 Å². The fourth-order valence-electron chi connectivity index (χ4n) is 1.99. The van der Waals surface area contributed by atoms with Crippen LogP contribution in [-0.2, 0) is 0 Å². The molecule has 0 spiro atoms. The van der Waals surface area contributed by atoms with Crippen LogP contribution in [0.3, 0.4) is 0 Å². The summed E-state index contributed by atoms with van der Waals surface area (Å²) >= 11 is 0. The van der Waals surface area contributed by atoms with Gasteiger partial charge in [-0.1, -0.05) is 5.16 Å². The van der Waals surface area contributed by atoms with Crippen molar-refractivity contribution in [3.8, 4) is 28.6 Å². The lowest BCUT2D eigenvalue weighted by Gasteiger charge is -2.09. The number of hydrogen-bond donors (Lipinski definition) is 1. The molecule has 0 unspecified atom stereocenters.